The van der Waals surface area contributed by atoms with Crippen LogP contribution in [0.1, 0.15) is 55.4 Å². The molecule has 0 aliphatic carbocycles. The zero-order chi connectivity index (χ0) is 14.7. The molecule has 1 aliphatic heterocycles. The molecule has 3 rings (SSSR count). The second-order valence-electron chi connectivity index (χ2n) is 5.63. The van der Waals surface area contributed by atoms with Gasteiger partial charge in [0, 0.05) is 25.7 Å². The zero-order valence-electron chi connectivity index (χ0n) is 12.7. The average molecular weight is 286 g/mol. The van der Waals surface area contributed by atoms with Gasteiger partial charge in [0.05, 0.1) is 11.7 Å². The molecule has 0 aromatic carbocycles. The lowest BCUT2D eigenvalue weighted by Crippen LogP contribution is -2.23. The minimum Gasteiger partial charge on any atom is -0.314 e. The maximum atomic E-state index is 4.41. The van der Waals surface area contributed by atoms with Crippen LogP contribution in [0.2, 0.25) is 0 Å². The molecule has 2 aromatic heterocycles. The molecule has 1 aliphatic rings. The fraction of sp³-hybridized carbons (Fsp3) is 0.600. The standard InChI is InChI=1S/C15H22N6/c1-11(17-10-13-7-8-16-12(2)18-13)15-20-19-14-6-4-3-5-9-21(14)15/h7-8,11,17H,3-6,9-10H2,1-2H3. The number of hydrogen-bond acceptors (Lipinski definition) is 5. The van der Waals surface area contributed by atoms with Gasteiger partial charge in [-0.25, -0.2) is 9.97 Å². The normalized spacial score (nSPS) is 16.3. The van der Waals surface area contributed by atoms with E-state index in [4.69, 9.17) is 0 Å². The second kappa shape index (κ2) is 6.30. The Morgan fingerprint density at radius 1 is 1.29 bits per heavy atom. The lowest BCUT2D eigenvalue weighted by Gasteiger charge is -2.15. The molecule has 0 radical (unpaired) electrons. The van der Waals surface area contributed by atoms with Crippen LogP contribution in [0.4, 0.5) is 0 Å². The summed E-state index contributed by atoms with van der Waals surface area (Å²) in [5, 5.41) is 12.2. The van der Waals surface area contributed by atoms with E-state index in [1.165, 1.54) is 19.3 Å². The van der Waals surface area contributed by atoms with Gasteiger partial charge in [-0.15, -0.1) is 10.2 Å². The number of nitrogens with one attached hydrogen (secondary N) is 1. The third-order valence-electron chi connectivity index (χ3n) is 3.95. The summed E-state index contributed by atoms with van der Waals surface area (Å²) in [5.41, 5.74) is 1.00. The fourth-order valence-corrected chi connectivity index (χ4v) is 2.78. The summed E-state index contributed by atoms with van der Waals surface area (Å²) in [4.78, 5) is 8.53. The van der Waals surface area contributed by atoms with E-state index in [0.29, 0.717) is 6.54 Å². The summed E-state index contributed by atoms with van der Waals surface area (Å²) in [6, 6.07) is 2.11. The van der Waals surface area contributed by atoms with E-state index in [9.17, 15) is 0 Å². The summed E-state index contributed by atoms with van der Waals surface area (Å²) < 4.78 is 2.29. The Kier molecular flexibility index (Phi) is 4.24. The van der Waals surface area contributed by atoms with Crippen LogP contribution in [0.15, 0.2) is 12.3 Å². The summed E-state index contributed by atoms with van der Waals surface area (Å²) in [6.45, 7) is 5.80. The lowest BCUT2D eigenvalue weighted by atomic mass is 10.2. The van der Waals surface area contributed by atoms with Crippen molar-refractivity contribution < 1.29 is 0 Å². The van der Waals surface area contributed by atoms with Crippen LogP contribution in [0, 0.1) is 6.92 Å². The number of aryl methyl sites for hydroxylation is 2. The van der Waals surface area contributed by atoms with E-state index in [0.717, 1.165) is 36.1 Å². The molecule has 0 saturated heterocycles. The molecule has 1 N–H and O–H groups in total. The first-order valence-corrected chi connectivity index (χ1v) is 7.68. The van der Waals surface area contributed by atoms with Crippen molar-refractivity contribution >= 4 is 0 Å². The molecule has 112 valence electrons. The van der Waals surface area contributed by atoms with Crippen LogP contribution in [0.3, 0.4) is 0 Å². The molecule has 0 fully saturated rings. The SMILES string of the molecule is Cc1nccc(CNC(C)c2nnc3n2CCCCC3)n1. The van der Waals surface area contributed by atoms with Crippen LogP contribution in [0.5, 0.6) is 0 Å². The van der Waals surface area contributed by atoms with Crippen LogP contribution in [-0.4, -0.2) is 24.7 Å². The molecular weight excluding hydrogens is 264 g/mol. The molecule has 0 spiro atoms. The van der Waals surface area contributed by atoms with Gasteiger partial charge in [-0.2, -0.15) is 0 Å². The zero-order valence-corrected chi connectivity index (χ0v) is 12.7. The Bertz CT molecular complexity index is 606. The monoisotopic (exact) mass is 286 g/mol. The molecule has 0 bridgehead atoms. The van der Waals surface area contributed by atoms with E-state index in [-0.39, 0.29) is 6.04 Å². The van der Waals surface area contributed by atoms with E-state index in [1.54, 1.807) is 6.20 Å². The molecule has 6 nitrogen and oxygen atoms in total. The quantitative estimate of drug-likeness (QED) is 0.930. The number of nitrogens with zero attached hydrogens (tertiary/aromatic N) is 5. The van der Waals surface area contributed by atoms with Gasteiger partial charge in [0.1, 0.15) is 17.5 Å². The Morgan fingerprint density at radius 2 is 2.19 bits per heavy atom. The van der Waals surface area contributed by atoms with Crippen molar-refractivity contribution in [2.75, 3.05) is 0 Å². The molecule has 3 heterocycles. The first-order chi connectivity index (χ1) is 10.2. The van der Waals surface area contributed by atoms with Crippen LogP contribution in [-0.2, 0) is 19.5 Å². The largest absolute Gasteiger partial charge is 0.314 e. The van der Waals surface area contributed by atoms with Gasteiger partial charge in [0.15, 0.2) is 0 Å². The van der Waals surface area contributed by atoms with E-state index in [2.05, 4.69) is 37.0 Å². The Balaban J connectivity index is 1.68. The number of rotatable bonds is 4. The van der Waals surface area contributed by atoms with Crippen molar-refractivity contribution in [3.8, 4) is 0 Å². The highest BCUT2D eigenvalue weighted by atomic mass is 15.3. The second-order valence-corrected chi connectivity index (χ2v) is 5.63. The number of hydrogen-bond donors (Lipinski definition) is 1. The molecule has 0 saturated carbocycles. The van der Waals surface area contributed by atoms with Crippen molar-refractivity contribution in [3.05, 3.63) is 35.4 Å². The minimum atomic E-state index is 0.166. The number of fused-ring (bicyclic) bond motifs is 1. The summed E-state index contributed by atoms with van der Waals surface area (Å²) in [6.07, 6.45) is 6.57. The third-order valence-corrected chi connectivity index (χ3v) is 3.95. The van der Waals surface area contributed by atoms with Gasteiger partial charge in [-0.05, 0) is 32.8 Å². The molecule has 6 heteroatoms. The van der Waals surface area contributed by atoms with E-state index in [1.807, 2.05) is 13.0 Å². The van der Waals surface area contributed by atoms with Gasteiger partial charge < -0.3 is 9.88 Å². The van der Waals surface area contributed by atoms with Gasteiger partial charge in [0.25, 0.3) is 0 Å². The Hall–Kier alpha value is -1.82. The van der Waals surface area contributed by atoms with Crippen molar-refractivity contribution in [2.24, 2.45) is 0 Å². The summed E-state index contributed by atoms with van der Waals surface area (Å²) in [5.74, 6) is 2.98. The van der Waals surface area contributed by atoms with Crippen molar-refractivity contribution in [2.45, 2.75) is 58.7 Å². The average Bonchev–Trinajstić information content (AvgIpc) is 2.74. The Morgan fingerprint density at radius 3 is 3.05 bits per heavy atom. The maximum absolute atomic E-state index is 4.41. The van der Waals surface area contributed by atoms with E-state index < -0.39 is 0 Å². The van der Waals surface area contributed by atoms with Gasteiger partial charge in [-0.1, -0.05) is 6.42 Å². The van der Waals surface area contributed by atoms with Crippen LogP contribution < -0.4 is 5.32 Å². The molecular formula is C15H22N6. The fourth-order valence-electron chi connectivity index (χ4n) is 2.78. The molecule has 2 aromatic rings. The van der Waals surface area contributed by atoms with E-state index >= 15 is 0 Å². The minimum absolute atomic E-state index is 0.166. The highest BCUT2D eigenvalue weighted by molar-refractivity contribution is 5.05. The van der Waals surface area contributed by atoms with Gasteiger partial charge in [0.2, 0.25) is 0 Å². The first kappa shape index (κ1) is 14.1. The van der Waals surface area contributed by atoms with Crippen molar-refractivity contribution in [1.29, 1.82) is 0 Å². The third kappa shape index (κ3) is 3.26. The topological polar surface area (TPSA) is 68.5 Å². The van der Waals surface area contributed by atoms with Crippen molar-refractivity contribution in [1.82, 2.24) is 30.0 Å². The molecule has 1 atom stereocenters. The number of aromatic nitrogens is 5. The van der Waals surface area contributed by atoms with Crippen LogP contribution >= 0.6 is 0 Å². The van der Waals surface area contributed by atoms with Crippen LogP contribution in [0.25, 0.3) is 0 Å². The molecule has 1 unspecified atom stereocenters. The van der Waals surface area contributed by atoms with Gasteiger partial charge >= 0.3 is 0 Å². The molecule has 0 amide bonds. The lowest BCUT2D eigenvalue weighted by molar-refractivity contribution is 0.498. The van der Waals surface area contributed by atoms with Gasteiger partial charge in [-0.3, -0.25) is 0 Å². The smallest absolute Gasteiger partial charge is 0.149 e. The predicted octanol–water partition coefficient (Wildman–Crippen LogP) is 1.95. The summed E-state index contributed by atoms with van der Waals surface area (Å²) >= 11 is 0. The van der Waals surface area contributed by atoms with Crippen molar-refractivity contribution in [3.63, 3.8) is 0 Å². The first-order valence-electron chi connectivity index (χ1n) is 7.68. The predicted molar refractivity (Wildman–Crippen MR) is 79.6 cm³/mol. The summed E-state index contributed by atoms with van der Waals surface area (Å²) in [7, 11) is 0. The molecule has 21 heavy (non-hydrogen) atoms. The highest BCUT2D eigenvalue weighted by Gasteiger charge is 2.18. The maximum Gasteiger partial charge on any atom is 0.149 e. The Labute approximate surface area is 125 Å². The highest BCUT2D eigenvalue weighted by Crippen LogP contribution is 2.18.